The predicted octanol–water partition coefficient (Wildman–Crippen LogP) is 5.42. The van der Waals surface area contributed by atoms with Gasteiger partial charge in [0.05, 0.1) is 13.2 Å². The molecule has 2 fully saturated rings. The summed E-state index contributed by atoms with van der Waals surface area (Å²) in [6, 6.07) is 14.3. The number of thiophene rings is 1. The van der Waals surface area contributed by atoms with Gasteiger partial charge < -0.3 is 14.8 Å². The van der Waals surface area contributed by atoms with Crippen LogP contribution in [0, 0.1) is 12.8 Å². The number of nitrogens with zero attached hydrogens (tertiary/aromatic N) is 1. The van der Waals surface area contributed by atoms with Crippen LogP contribution in [0.25, 0.3) is 11.1 Å². The normalized spacial score (nSPS) is 20.9. The van der Waals surface area contributed by atoms with E-state index >= 15 is 0 Å². The summed E-state index contributed by atoms with van der Waals surface area (Å²) in [5.41, 5.74) is 3.21. The van der Waals surface area contributed by atoms with Crippen LogP contribution >= 0.6 is 11.3 Å². The van der Waals surface area contributed by atoms with E-state index < -0.39 is 0 Å². The summed E-state index contributed by atoms with van der Waals surface area (Å²) in [6.45, 7) is 3.60. The lowest BCUT2D eigenvalue weighted by molar-refractivity contribution is -0.117. The highest BCUT2D eigenvalue weighted by molar-refractivity contribution is 7.10. The molecule has 2 aromatic heterocycles. The van der Waals surface area contributed by atoms with Crippen LogP contribution < -0.4 is 10.1 Å². The van der Waals surface area contributed by atoms with Gasteiger partial charge in [0.25, 0.3) is 0 Å². The number of rotatable bonds is 6. The van der Waals surface area contributed by atoms with E-state index in [1.165, 1.54) is 4.88 Å². The van der Waals surface area contributed by atoms with Crippen LogP contribution in [0.5, 0.6) is 5.75 Å². The molecule has 0 radical (unpaired) electrons. The second-order valence-electron chi connectivity index (χ2n) is 8.29. The predicted molar refractivity (Wildman–Crippen MR) is 123 cm³/mol. The molecule has 5 nitrogen and oxygen atoms in total. The molecule has 3 heterocycles. The molecule has 0 bridgehead atoms. The number of ether oxygens (including phenoxy) is 2. The molecule has 6 heteroatoms. The summed E-state index contributed by atoms with van der Waals surface area (Å²) in [6.07, 6.45) is 4.75. The second kappa shape index (κ2) is 8.81. The Hall–Kier alpha value is -2.70. The molecule has 1 saturated carbocycles. The maximum absolute atomic E-state index is 12.6. The third kappa shape index (κ3) is 4.65. The highest BCUT2D eigenvalue weighted by Gasteiger charge is 2.44. The maximum atomic E-state index is 12.6. The van der Waals surface area contributed by atoms with Gasteiger partial charge in [-0.1, -0.05) is 12.1 Å². The van der Waals surface area contributed by atoms with Gasteiger partial charge in [-0.3, -0.25) is 4.79 Å². The quantitative estimate of drug-likeness (QED) is 0.563. The molecular weight excluding hydrogens is 408 g/mol. The molecule has 1 amide bonds. The second-order valence-corrected chi connectivity index (χ2v) is 9.27. The van der Waals surface area contributed by atoms with E-state index in [9.17, 15) is 4.79 Å². The summed E-state index contributed by atoms with van der Waals surface area (Å²) < 4.78 is 11.6. The van der Waals surface area contributed by atoms with Crippen molar-refractivity contribution in [3.8, 4) is 16.9 Å². The molecule has 1 saturated heterocycles. The third-order valence-electron chi connectivity index (χ3n) is 6.02. The van der Waals surface area contributed by atoms with Crippen molar-refractivity contribution in [2.24, 2.45) is 5.92 Å². The number of hydrogen-bond acceptors (Lipinski definition) is 5. The fourth-order valence-corrected chi connectivity index (χ4v) is 5.04. The molecule has 1 N–H and O–H groups in total. The average molecular weight is 435 g/mol. The number of benzene rings is 1. The van der Waals surface area contributed by atoms with Crippen molar-refractivity contribution in [3.05, 3.63) is 64.5 Å². The van der Waals surface area contributed by atoms with Gasteiger partial charge in [0.1, 0.15) is 17.7 Å². The van der Waals surface area contributed by atoms with Crippen LogP contribution in [0.3, 0.4) is 0 Å². The van der Waals surface area contributed by atoms with Crippen molar-refractivity contribution >= 4 is 23.1 Å². The van der Waals surface area contributed by atoms with Crippen LogP contribution in [0.1, 0.15) is 35.6 Å². The monoisotopic (exact) mass is 434 g/mol. The molecule has 5 rings (SSSR count). The molecule has 1 aliphatic heterocycles. The molecule has 0 unspecified atom stereocenters. The van der Waals surface area contributed by atoms with Crippen molar-refractivity contribution in [1.29, 1.82) is 0 Å². The van der Waals surface area contributed by atoms with Crippen molar-refractivity contribution in [3.63, 3.8) is 0 Å². The number of aryl methyl sites for hydroxylation is 1. The Morgan fingerprint density at radius 1 is 1.16 bits per heavy atom. The Morgan fingerprint density at radius 3 is 2.77 bits per heavy atom. The Bertz CT molecular complexity index is 1060. The van der Waals surface area contributed by atoms with Gasteiger partial charge in [0.15, 0.2) is 0 Å². The molecule has 0 spiro atoms. The lowest BCUT2D eigenvalue weighted by atomic mass is 10.0. The van der Waals surface area contributed by atoms with E-state index in [1.807, 2.05) is 24.3 Å². The molecule has 1 aliphatic carbocycles. The van der Waals surface area contributed by atoms with Crippen LogP contribution in [-0.4, -0.2) is 30.2 Å². The van der Waals surface area contributed by atoms with Gasteiger partial charge in [-0.25, -0.2) is 4.98 Å². The molecular formula is C25H26N2O3S. The highest BCUT2D eigenvalue weighted by Crippen LogP contribution is 2.49. The summed E-state index contributed by atoms with van der Waals surface area (Å²) in [4.78, 5) is 18.3. The summed E-state index contributed by atoms with van der Waals surface area (Å²) in [5.74, 6) is 1.98. The first-order valence-corrected chi connectivity index (χ1v) is 11.7. The third-order valence-corrected chi connectivity index (χ3v) is 7.02. The van der Waals surface area contributed by atoms with E-state index in [0.717, 1.165) is 54.9 Å². The minimum absolute atomic E-state index is 0.0490. The number of carbonyl (C=O) groups excluding carboxylic acids is 1. The van der Waals surface area contributed by atoms with Gasteiger partial charge in [-0.2, -0.15) is 0 Å². The number of carbonyl (C=O) groups is 1. The van der Waals surface area contributed by atoms with E-state index in [0.29, 0.717) is 11.7 Å². The zero-order chi connectivity index (χ0) is 21.2. The highest BCUT2D eigenvalue weighted by atomic mass is 32.1. The minimum Gasteiger partial charge on any atom is -0.490 e. The van der Waals surface area contributed by atoms with E-state index in [1.54, 1.807) is 17.5 Å². The van der Waals surface area contributed by atoms with E-state index in [2.05, 4.69) is 40.8 Å². The number of nitrogens with one attached hydrogen (secondary N) is 1. The molecule has 1 aromatic carbocycles. The molecule has 160 valence electrons. The smallest absolute Gasteiger partial charge is 0.229 e. The summed E-state index contributed by atoms with van der Waals surface area (Å²) in [7, 11) is 0. The van der Waals surface area contributed by atoms with Crippen molar-refractivity contribution in [1.82, 2.24) is 4.98 Å². The lowest BCUT2D eigenvalue weighted by Crippen LogP contribution is -2.26. The summed E-state index contributed by atoms with van der Waals surface area (Å²) in [5, 5.41) is 5.07. The van der Waals surface area contributed by atoms with Crippen molar-refractivity contribution < 1.29 is 14.3 Å². The van der Waals surface area contributed by atoms with Crippen molar-refractivity contribution in [2.75, 3.05) is 18.5 Å². The maximum Gasteiger partial charge on any atom is 0.229 e. The average Bonchev–Trinajstić information content (AvgIpc) is 3.41. The van der Waals surface area contributed by atoms with Crippen LogP contribution in [0.4, 0.5) is 5.82 Å². The van der Waals surface area contributed by atoms with Crippen molar-refractivity contribution in [2.45, 2.75) is 38.2 Å². The minimum atomic E-state index is 0.0490. The standard InChI is InChI=1S/C25H26N2O3S/c1-16-13-17(4-5-22(16)30-19-7-10-29-11-8-19)18-6-9-26-24(14-18)27-25(28)21-15-20(21)23-3-2-12-31-23/h2-6,9,12-14,19-21H,7-8,10-11,15H2,1H3,(H,26,27,28)/t20-,21-/m1/s1. The van der Waals surface area contributed by atoms with Crippen LogP contribution in [0.2, 0.25) is 0 Å². The first-order valence-electron chi connectivity index (χ1n) is 10.8. The fourth-order valence-electron chi connectivity index (χ4n) is 4.13. The molecule has 2 atom stereocenters. The van der Waals surface area contributed by atoms with E-state index in [4.69, 9.17) is 9.47 Å². The zero-order valence-corrected chi connectivity index (χ0v) is 18.4. The molecule has 31 heavy (non-hydrogen) atoms. The zero-order valence-electron chi connectivity index (χ0n) is 17.5. The molecule has 3 aromatic rings. The lowest BCUT2D eigenvalue weighted by Gasteiger charge is -2.24. The Kier molecular flexibility index (Phi) is 5.74. The number of aromatic nitrogens is 1. The first-order chi connectivity index (χ1) is 15.2. The van der Waals surface area contributed by atoms with Gasteiger partial charge in [0.2, 0.25) is 5.91 Å². The summed E-state index contributed by atoms with van der Waals surface area (Å²) >= 11 is 1.72. The van der Waals surface area contributed by atoms with Crippen LogP contribution in [-0.2, 0) is 9.53 Å². The van der Waals surface area contributed by atoms with Crippen LogP contribution in [0.15, 0.2) is 54.0 Å². The number of hydrogen-bond donors (Lipinski definition) is 1. The number of pyridine rings is 1. The Morgan fingerprint density at radius 2 is 2.00 bits per heavy atom. The first kappa shape index (κ1) is 20.2. The topological polar surface area (TPSA) is 60.5 Å². The fraction of sp³-hybridized carbons (Fsp3) is 0.360. The van der Waals surface area contributed by atoms with Gasteiger partial charge >= 0.3 is 0 Å². The molecule has 2 aliphatic rings. The van der Waals surface area contributed by atoms with E-state index in [-0.39, 0.29) is 17.9 Å². The van der Waals surface area contributed by atoms with Gasteiger partial charge in [0, 0.05) is 35.8 Å². The Labute approximate surface area is 186 Å². The van der Waals surface area contributed by atoms with Gasteiger partial charge in [-0.05, 0) is 65.7 Å². The number of amides is 1. The number of anilines is 1. The Balaban J connectivity index is 1.25. The van der Waals surface area contributed by atoms with Gasteiger partial charge in [-0.15, -0.1) is 11.3 Å². The largest absolute Gasteiger partial charge is 0.490 e. The SMILES string of the molecule is Cc1cc(-c2ccnc(NC(=O)[C@@H]3C[C@H]3c3cccs3)c2)ccc1OC1CCOCC1.